The number of rotatable bonds is 5. The molecule has 1 aliphatic rings. The lowest BCUT2D eigenvalue weighted by atomic mass is 10.0. The summed E-state index contributed by atoms with van der Waals surface area (Å²) >= 11 is 0. The van der Waals surface area contributed by atoms with Gasteiger partial charge in [0.05, 0.1) is 0 Å². The summed E-state index contributed by atoms with van der Waals surface area (Å²) < 4.78 is 0. The molecule has 2 aromatic carbocycles. The third-order valence-corrected chi connectivity index (χ3v) is 4.45. The first-order valence-electron chi connectivity index (χ1n) is 8.12. The first-order valence-corrected chi connectivity index (χ1v) is 8.12. The van der Waals surface area contributed by atoms with Gasteiger partial charge in [-0.05, 0) is 41.7 Å². The van der Waals surface area contributed by atoms with Gasteiger partial charge in [0.25, 0.3) is 5.91 Å². The van der Waals surface area contributed by atoms with Crippen molar-refractivity contribution in [2.24, 2.45) is 5.73 Å². The maximum absolute atomic E-state index is 12.3. The van der Waals surface area contributed by atoms with Gasteiger partial charge in [0.2, 0.25) is 0 Å². The minimum atomic E-state index is -0.561. The van der Waals surface area contributed by atoms with Gasteiger partial charge >= 0.3 is 6.03 Å². The van der Waals surface area contributed by atoms with Crippen LogP contribution in [0.3, 0.4) is 0 Å². The number of primary amides is 1. The van der Waals surface area contributed by atoms with Crippen LogP contribution in [0.25, 0.3) is 0 Å². The number of aryl methyl sites for hydroxylation is 1. The highest BCUT2D eigenvalue weighted by Gasteiger charge is 2.22. The van der Waals surface area contributed by atoms with Gasteiger partial charge in [0.1, 0.15) is 0 Å². The average molecular weight is 323 g/mol. The lowest BCUT2D eigenvalue weighted by Crippen LogP contribution is -2.29. The molecular weight excluding hydrogens is 302 g/mol. The van der Waals surface area contributed by atoms with Crippen LogP contribution in [-0.4, -0.2) is 18.5 Å². The molecule has 2 aromatic rings. The molecule has 5 heteroatoms. The molecule has 3 amide bonds. The number of hydrogen-bond donors (Lipinski definition) is 3. The number of fused-ring (bicyclic) bond motifs is 1. The van der Waals surface area contributed by atoms with Crippen LogP contribution in [0.4, 0.5) is 4.79 Å². The molecule has 0 spiro atoms. The van der Waals surface area contributed by atoms with E-state index in [1.54, 1.807) is 12.1 Å². The lowest BCUT2D eigenvalue weighted by Gasteiger charge is -2.13. The van der Waals surface area contributed by atoms with Crippen LogP contribution in [0.15, 0.2) is 48.5 Å². The quantitative estimate of drug-likeness (QED) is 0.789. The molecule has 24 heavy (non-hydrogen) atoms. The van der Waals surface area contributed by atoms with E-state index in [0.717, 1.165) is 18.4 Å². The Morgan fingerprint density at radius 2 is 1.79 bits per heavy atom. The summed E-state index contributed by atoms with van der Waals surface area (Å²) in [5, 5.41) is 5.54. The number of nitrogens with two attached hydrogens (primary N) is 1. The number of carbonyl (C=O) groups excluding carboxylic acids is 2. The monoisotopic (exact) mass is 323 g/mol. The molecule has 3 rings (SSSR count). The molecule has 5 nitrogen and oxygen atoms in total. The van der Waals surface area contributed by atoms with Crippen molar-refractivity contribution in [3.8, 4) is 0 Å². The van der Waals surface area contributed by atoms with Crippen LogP contribution in [0.1, 0.15) is 39.4 Å². The van der Waals surface area contributed by atoms with Crippen molar-refractivity contribution in [2.45, 2.75) is 25.3 Å². The SMILES string of the molecule is NC(=O)NCc1ccc(C(=O)NCC2CCc3ccccc32)cc1. The highest BCUT2D eigenvalue weighted by Crippen LogP contribution is 2.32. The number of amides is 3. The van der Waals surface area contributed by atoms with Gasteiger partial charge in [-0.2, -0.15) is 0 Å². The molecule has 1 aliphatic carbocycles. The molecule has 124 valence electrons. The van der Waals surface area contributed by atoms with Gasteiger partial charge in [0.15, 0.2) is 0 Å². The van der Waals surface area contributed by atoms with Crippen molar-refractivity contribution in [3.05, 3.63) is 70.8 Å². The third-order valence-electron chi connectivity index (χ3n) is 4.45. The summed E-state index contributed by atoms with van der Waals surface area (Å²) in [5.41, 5.74) is 9.29. The van der Waals surface area contributed by atoms with Gasteiger partial charge in [-0.3, -0.25) is 4.79 Å². The van der Waals surface area contributed by atoms with Gasteiger partial charge < -0.3 is 16.4 Å². The van der Waals surface area contributed by atoms with E-state index in [1.807, 2.05) is 12.1 Å². The molecule has 0 heterocycles. The lowest BCUT2D eigenvalue weighted by molar-refractivity contribution is 0.0951. The highest BCUT2D eigenvalue weighted by molar-refractivity contribution is 5.94. The second-order valence-electron chi connectivity index (χ2n) is 6.06. The van der Waals surface area contributed by atoms with Crippen molar-refractivity contribution < 1.29 is 9.59 Å². The first kappa shape index (κ1) is 16.1. The summed E-state index contributed by atoms with van der Waals surface area (Å²) in [6.07, 6.45) is 2.16. The largest absolute Gasteiger partial charge is 0.352 e. The van der Waals surface area contributed by atoms with Crippen LogP contribution in [0, 0.1) is 0 Å². The van der Waals surface area contributed by atoms with Crippen LogP contribution >= 0.6 is 0 Å². The topological polar surface area (TPSA) is 84.2 Å². The first-order chi connectivity index (χ1) is 11.6. The Hall–Kier alpha value is -2.82. The molecule has 0 fully saturated rings. The zero-order valence-corrected chi connectivity index (χ0v) is 13.4. The Labute approximate surface area is 141 Å². The third kappa shape index (κ3) is 3.74. The van der Waals surface area contributed by atoms with E-state index in [-0.39, 0.29) is 5.91 Å². The van der Waals surface area contributed by atoms with Crippen molar-refractivity contribution >= 4 is 11.9 Å². The minimum Gasteiger partial charge on any atom is -0.352 e. The van der Waals surface area contributed by atoms with Crippen molar-refractivity contribution in [1.29, 1.82) is 0 Å². The molecule has 0 saturated carbocycles. The molecule has 0 aliphatic heterocycles. The molecule has 0 aromatic heterocycles. The van der Waals surface area contributed by atoms with E-state index in [0.29, 0.717) is 24.6 Å². The average Bonchev–Trinajstić information content (AvgIpc) is 3.01. The number of urea groups is 1. The zero-order chi connectivity index (χ0) is 16.9. The molecule has 1 unspecified atom stereocenters. The molecule has 0 saturated heterocycles. The fraction of sp³-hybridized carbons (Fsp3) is 0.263. The maximum atomic E-state index is 12.3. The van der Waals surface area contributed by atoms with E-state index < -0.39 is 6.03 Å². The second-order valence-corrected chi connectivity index (χ2v) is 6.06. The Morgan fingerprint density at radius 1 is 1.04 bits per heavy atom. The van der Waals surface area contributed by atoms with Gasteiger partial charge in [0, 0.05) is 24.6 Å². The Bertz CT molecular complexity index is 741. The smallest absolute Gasteiger partial charge is 0.312 e. The van der Waals surface area contributed by atoms with Crippen molar-refractivity contribution in [2.75, 3.05) is 6.54 Å². The summed E-state index contributed by atoms with van der Waals surface area (Å²) in [5.74, 6) is 0.318. The van der Waals surface area contributed by atoms with Gasteiger partial charge in [-0.15, -0.1) is 0 Å². The molecule has 4 N–H and O–H groups in total. The highest BCUT2D eigenvalue weighted by atomic mass is 16.2. The van der Waals surface area contributed by atoms with Gasteiger partial charge in [-0.25, -0.2) is 4.79 Å². The van der Waals surface area contributed by atoms with Crippen LogP contribution in [0.2, 0.25) is 0 Å². The molecule has 0 radical (unpaired) electrons. The fourth-order valence-electron chi connectivity index (χ4n) is 3.14. The standard InChI is InChI=1S/C19H21N3O2/c20-19(24)22-11-13-5-7-15(8-6-13)18(23)21-12-16-10-9-14-3-1-2-4-17(14)16/h1-8,16H,9-12H2,(H,21,23)(H3,20,22,24). The van der Waals surface area contributed by atoms with E-state index in [9.17, 15) is 9.59 Å². The summed E-state index contributed by atoms with van der Waals surface area (Å²) in [6.45, 7) is 1.01. The normalized spacial score (nSPS) is 15.6. The molecule has 0 bridgehead atoms. The van der Waals surface area contributed by atoms with Crippen LogP contribution in [0.5, 0.6) is 0 Å². The predicted molar refractivity (Wildman–Crippen MR) is 92.7 cm³/mol. The van der Waals surface area contributed by atoms with E-state index in [2.05, 4.69) is 34.9 Å². The zero-order valence-electron chi connectivity index (χ0n) is 13.4. The maximum Gasteiger partial charge on any atom is 0.312 e. The second kappa shape index (κ2) is 7.17. The van der Waals surface area contributed by atoms with Crippen LogP contribution in [-0.2, 0) is 13.0 Å². The fourth-order valence-corrected chi connectivity index (χ4v) is 3.14. The minimum absolute atomic E-state index is 0.0752. The Balaban J connectivity index is 1.55. The van der Waals surface area contributed by atoms with E-state index in [4.69, 9.17) is 5.73 Å². The molecular formula is C19H21N3O2. The number of carbonyl (C=O) groups is 2. The number of hydrogen-bond acceptors (Lipinski definition) is 2. The van der Waals surface area contributed by atoms with Crippen molar-refractivity contribution in [3.63, 3.8) is 0 Å². The number of benzene rings is 2. The van der Waals surface area contributed by atoms with Crippen molar-refractivity contribution in [1.82, 2.24) is 10.6 Å². The summed E-state index contributed by atoms with van der Waals surface area (Å²) in [4.78, 5) is 23.0. The Kier molecular flexibility index (Phi) is 4.79. The number of nitrogens with one attached hydrogen (secondary N) is 2. The predicted octanol–water partition coefficient (Wildman–Crippen LogP) is 2.31. The van der Waals surface area contributed by atoms with E-state index >= 15 is 0 Å². The summed E-state index contributed by atoms with van der Waals surface area (Å²) in [7, 11) is 0. The van der Waals surface area contributed by atoms with Crippen LogP contribution < -0.4 is 16.4 Å². The summed E-state index contributed by atoms with van der Waals surface area (Å²) in [6, 6.07) is 15.0. The van der Waals surface area contributed by atoms with Gasteiger partial charge in [-0.1, -0.05) is 36.4 Å². The molecule has 1 atom stereocenters. The Morgan fingerprint density at radius 3 is 2.54 bits per heavy atom. The van der Waals surface area contributed by atoms with E-state index in [1.165, 1.54) is 11.1 Å².